The van der Waals surface area contributed by atoms with E-state index in [2.05, 4.69) is 10.3 Å². The first-order valence-corrected chi connectivity index (χ1v) is 9.35. The Morgan fingerprint density at radius 2 is 1.86 bits per heavy atom. The number of rotatable bonds is 3. The van der Waals surface area contributed by atoms with E-state index in [1.54, 1.807) is 29.4 Å². The molecule has 2 heterocycles. The molecule has 3 aromatic rings. The number of aryl methyl sites for hydroxylation is 2. The van der Waals surface area contributed by atoms with Gasteiger partial charge in [-0.25, -0.2) is 0 Å². The summed E-state index contributed by atoms with van der Waals surface area (Å²) >= 11 is 0. The zero-order valence-corrected chi connectivity index (χ0v) is 15.7. The molecule has 0 fully saturated rings. The Morgan fingerprint density at radius 1 is 1.04 bits per heavy atom. The average Bonchev–Trinajstić information content (AvgIpc) is 2.73. The Hall–Kier alpha value is -3.47. The third-order valence-electron chi connectivity index (χ3n) is 4.92. The van der Waals surface area contributed by atoms with Gasteiger partial charge < -0.3 is 10.2 Å². The molecule has 5 nitrogen and oxygen atoms in total. The maximum absolute atomic E-state index is 12.9. The molecule has 0 atom stereocenters. The summed E-state index contributed by atoms with van der Waals surface area (Å²) in [6.07, 6.45) is 5.01. The van der Waals surface area contributed by atoms with Crippen LogP contribution in [-0.2, 0) is 6.42 Å². The van der Waals surface area contributed by atoms with Gasteiger partial charge in [0, 0.05) is 35.9 Å². The van der Waals surface area contributed by atoms with Crippen LogP contribution in [0.25, 0.3) is 0 Å². The summed E-state index contributed by atoms with van der Waals surface area (Å²) < 4.78 is 0. The van der Waals surface area contributed by atoms with E-state index in [-0.39, 0.29) is 11.8 Å². The van der Waals surface area contributed by atoms with Gasteiger partial charge in [-0.2, -0.15) is 0 Å². The van der Waals surface area contributed by atoms with Gasteiger partial charge in [-0.3, -0.25) is 14.6 Å². The SMILES string of the molecule is Cc1ccc(C(=O)Nc2ccc3c(c2)CCCN3C(=O)c2cccnc2)cc1. The van der Waals surface area contributed by atoms with E-state index in [1.807, 2.05) is 49.4 Å². The first-order chi connectivity index (χ1) is 13.6. The minimum Gasteiger partial charge on any atom is -0.322 e. The Kier molecular flexibility index (Phi) is 4.89. The molecule has 1 aromatic heterocycles. The molecule has 0 unspecified atom stereocenters. The number of carbonyl (C=O) groups is 2. The predicted octanol–water partition coefficient (Wildman–Crippen LogP) is 4.24. The molecule has 140 valence electrons. The lowest BCUT2D eigenvalue weighted by molar-refractivity contribution is 0.0983. The summed E-state index contributed by atoms with van der Waals surface area (Å²) in [4.78, 5) is 31.2. The average molecular weight is 371 g/mol. The molecule has 1 aliphatic rings. The van der Waals surface area contributed by atoms with Crippen LogP contribution in [0.2, 0.25) is 0 Å². The van der Waals surface area contributed by atoms with Crippen LogP contribution in [-0.4, -0.2) is 23.3 Å². The molecule has 2 aromatic carbocycles. The number of carbonyl (C=O) groups excluding carboxylic acids is 2. The van der Waals surface area contributed by atoms with E-state index in [0.29, 0.717) is 17.7 Å². The van der Waals surface area contributed by atoms with Crippen LogP contribution in [0.15, 0.2) is 67.0 Å². The molecule has 1 N–H and O–H groups in total. The van der Waals surface area contributed by atoms with E-state index in [0.717, 1.165) is 35.3 Å². The molecule has 1 aliphatic heterocycles. The number of anilines is 2. The Balaban J connectivity index is 1.55. The third-order valence-corrected chi connectivity index (χ3v) is 4.92. The van der Waals surface area contributed by atoms with Gasteiger partial charge in [-0.05, 0) is 67.8 Å². The number of hydrogen-bond donors (Lipinski definition) is 1. The maximum atomic E-state index is 12.9. The third kappa shape index (κ3) is 3.64. The van der Waals surface area contributed by atoms with Crippen molar-refractivity contribution in [1.82, 2.24) is 4.98 Å². The quantitative estimate of drug-likeness (QED) is 0.749. The van der Waals surface area contributed by atoms with Crippen molar-refractivity contribution in [2.45, 2.75) is 19.8 Å². The monoisotopic (exact) mass is 371 g/mol. The number of benzene rings is 2. The number of fused-ring (bicyclic) bond motifs is 1. The zero-order valence-electron chi connectivity index (χ0n) is 15.7. The van der Waals surface area contributed by atoms with Crippen LogP contribution in [0.1, 0.15) is 38.3 Å². The standard InChI is InChI=1S/C23H21N3O2/c1-16-6-8-17(9-7-16)22(27)25-20-10-11-21-18(14-20)5-3-13-26(21)23(28)19-4-2-12-24-15-19/h2,4,6-12,14-15H,3,5,13H2,1H3,(H,25,27). The molecule has 4 rings (SSSR count). The van der Waals surface area contributed by atoms with E-state index < -0.39 is 0 Å². The molecule has 0 bridgehead atoms. The van der Waals surface area contributed by atoms with Crippen molar-refractivity contribution in [3.8, 4) is 0 Å². The van der Waals surface area contributed by atoms with Gasteiger partial charge in [0.05, 0.1) is 5.56 Å². The highest BCUT2D eigenvalue weighted by Gasteiger charge is 2.24. The second-order valence-electron chi connectivity index (χ2n) is 6.97. The van der Waals surface area contributed by atoms with Gasteiger partial charge in [0.15, 0.2) is 0 Å². The van der Waals surface area contributed by atoms with E-state index in [4.69, 9.17) is 0 Å². The van der Waals surface area contributed by atoms with Crippen molar-refractivity contribution in [3.05, 3.63) is 89.2 Å². The van der Waals surface area contributed by atoms with Gasteiger partial charge in [0.25, 0.3) is 11.8 Å². The van der Waals surface area contributed by atoms with E-state index in [1.165, 1.54) is 0 Å². The highest BCUT2D eigenvalue weighted by atomic mass is 16.2. The molecule has 5 heteroatoms. The second-order valence-corrected chi connectivity index (χ2v) is 6.97. The lowest BCUT2D eigenvalue weighted by Crippen LogP contribution is -2.35. The number of hydrogen-bond acceptors (Lipinski definition) is 3. The van der Waals surface area contributed by atoms with Crippen LogP contribution in [0.5, 0.6) is 0 Å². The molecule has 28 heavy (non-hydrogen) atoms. The minimum absolute atomic E-state index is 0.0505. The summed E-state index contributed by atoms with van der Waals surface area (Å²) in [7, 11) is 0. The summed E-state index contributed by atoms with van der Waals surface area (Å²) in [5.41, 5.74) is 5.01. The highest BCUT2D eigenvalue weighted by Crippen LogP contribution is 2.31. The second kappa shape index (κ2) is 7.64. The largest absolute Gasteiger partial charge is 0.322 e. The summed E-state index contributed by atoms with van der Waals surface area (Å²) in [6, 6.07) is 16.7. The first-order valence-electron chi connectivity index (χ1n) is 9.35. The highest BCUT2D eigenvalue weighted by molar-refractivity contribution is 6.07. The van der Waals surface area contributed by atoms with E-state index in [9.17, 15) is 9.59 Å². The normalized spacial score (nSPS) is 13.0. The molecular weight excluding hydrogens is 350 g/mol. The molecule has 0 saturated heterocycles. The Morgan fingerprint density at radius 3 is 2.61 bits per heavy atom. The van der Waals surface area contributed by atoms with Gasteiger partial charge in [0.1, 0.15) is 0 Å². The van der Waals surface area contributed by atoms with Crippen LogP contribution in [0, 0.1) is 6.92 Å². The van der Waals surface area contributed by atoms with Crippen molar-refractivity contribution in [1.29, 1.82) is 0 Å². The van der Waals surface area contributed by atoms with Crippen molar-refractivity contribution >= 4 is 23.2 Å². The minimum atomic E-state index is -0.140. The molecular formula is C23H21N3O2. The summed E-state index contributed by atoms with van der Waals surface area (Å²) in [6.45, 7) is 2.67. The molecule has 2 amide bonds. The fraction of sp³-hybridized carbons (Fsp3) is 0.174. The van der Waals surface area contributed by atoms with E-state index >= 15 is 0 Å². The van der Waals surface area contributed by atoms with Crippen LogP contribution >= 0.6 is 0 Å². The Bertz CT molecular complexity index is 1010. The van der Waals surface area contributed by atoms with Crippen LogP contribution in [0.4, 0.5) is 11.4 Å². The van der Waals surface area contributed by atoms with Gasteiger partial charge in [-0.1, -0.05) is 17.7 Å². The maximum Gasteiger partial charge on any atom is 0.259 e. The number of nitrogens with one attached hydrogen (secondary N) is 1. The lowest BCUT2D eigenvalue weighted by atomic mass is 10.00. The Labute approximate surface area is 164 Å². The lowest BCUT2D eigenvalue weighted by Gasteiger charge is -2.30. The fourth-order valence-electron chi connectivity index (χ4n) is 3.44. The summed E-state index contributed by atoms with van der Waals surface area (Å²) in [5.74, 6) is -0.190. The van der Waals surface area contributed by atoms with Crippen molar-refractivity contribution in [2.75, 3.05) is 16.8 Å². The topological polar surface area (TPSA) is 62.3 Å². The van der Waals surface area contributed by atoms with Crippen LogP contribution in [0.3, 0.4) is 0 Å². The van der Waals surface area contributed by atoms with Crippen molar-refractivity contribution in [2.24, 2.45) is 0 Å². The van der Waals surface area contributed by atoms with Crippen LogP contribution < -0.4 is 10.2 Å². The summed E-state index contributed by atoms with van der Waals surface area (Å²) in [5, 5.41) is 2.95. The predicted molar refractivity (Wildman–Crippen MR) is 110 cm³/mol. The molecule has 0 saturated carbocycles. The van der Waals surface area contributed by atoms with Crippen molar-refractivity contribution in [3.63, 3.8) is 0 Å². The first kappa shape index (κ1) is 17.9. The molecule has 0 radical (unpaired) electrons. The van der Waals surface area contributed by atoms with Gasteiger partial charge >= 0.3 is 0 Å². The smallest absolute Gasteiger partial charge is 0.259 e. The molecule has 0 aliphatic carbocycles. The number of aromatic nitrogens is 1. The number of pyridine rings is 1. The van der Waals surface area contributed by atoms with Crippen molar-refractivity contribution < 1.29 is 9.59 Å². The number of amides is 2. The van der Waals surface area contributed by atoms with Gasteiger partial charge in [0.2, 0.25) is 0 Å². The molecule has 0 spiro atoms. The number of nitrogens with zero attached hydrogens (tertiary/aromatic N) is 2. The fourth-order valence-corrected chi connectivity index (χ4v) is 3.44. The zero-order chi connectivity index (χ0) is 19.5. The van der Waals surface area contributed by atoms with Gasteiger partial charge in [-0.15, -0.1) is 0 Å².